The molecule has 0 unspecified atom stereocenters. The van der Waals surface area contributed by atoms with Gasteiger partial charge in [0.1, 0.15) is 0 Å². The van der Waals surface area contributed by atoms with Crippen LogP contribution >= 0.6 is 11.6 Å². The van der Waals surface area contributed by atoms with Crippen LogP contribution in [0.5, 0.6) is 0 Å². The normalized spacial score (nSPS) is 10.8. The third-order valence-electron chi connectivity index (χ3n) is 2.42. The predicted molar refractivity (Wildman–Crippen MR) is 63.4 cm³/mol. The highest BCUT2D eigenvalue weighted by molar-refractivity contribution is 6.33. The molecular weight excluding hydrogens is 222 g/mol. The van der Waals surface area contributed by atoms with Gasteiger partial charge in [-0.15, -0.1) is 10.2 Å². The topological polar surface area (TPSA) is 30.2 Å². The Morgan fingerprint density at radius 3 is 2.56 bits per heavy atom. The molecule has 0 atom stereocenters. The number of hydrogen-bond donors (Lipinski definition) is 0. The first kappa shape index (κ1) is 9.36. The minimum atomic E-state index is 0.609. The monoisotopic (exact) mass is 229 g/mol. The maximum Gasteiger partial charge on any atom is 0.179 e. The molecule has 0 spiro atoms. The van der Waals surface area contributed by atoms with E-state index in [1.807, 2.05) is 47.0 Å². The molecule has 0 bridgehead atoms. The summed E-state index contributed by atoms with van der Waals surface area (Å²) in [5.74, 6) is 0.804. The molecular formula is C12H8ClN3. The molecule has 0 amide bonds. The first-order chi connectivity index (χ1) is 7.86. The Labute approximate surface area is 97.3 Å². The molecule has 3 rings (SSSR count). The average molecular weight is 230 g/mol. The van der Waals surface area contributed by atoms with Gasteiger partial charge in [0.05, 0.1) is 5.02 Å². The molecule has 4 heteroatoms. The van der Waals surface area contributed by atoms with Crippen LogP contribution in [-0.2, 0) is 0 Å². The van der Waals surface area contributed by atoms with Gasteiger partial charge >= 0.3 is 0 Å². The predicted octanol–water partition coefficient (Wildman–Crippen LogP) is 3.05. The summed E-state index contributed by atoms with van der Waals surface area (Å²) >= 11 is 6.03. The number of benzene rings is 1. The van der Waals surface area contributed by atoms with Gasteiger partial charge in [0.2, 0.25) is 0 Å². The van der Waals surface area contributed by atoms with Crippen LogP contribution in [0.2, 0.25) is 5.02 Å². The summed E-state index contributed by atoms with van der Waals surface area (Å²) in [6.07, 6.45) is 1.91. The van der Waals surface area contributed by atoms with Gasteiger partial charge in [-0.1, -0.05) is 41.9 Å². The lowest BCUT2D eigenvalue weighted by Gasteiger charge is -1.99. The van der Waals surface area contributed by atoms with E-state index in [1.165, 1.54) is 0 Å². The number of hydrogen-bond acceptors (Lipinski definition) is 2. The zero-order chi connectivity index (χ0) is 11.0. The number of nitrogens with zero attached hydrogens (tertiary/aromatic N) is 3. The smallest absolute Gasteiger partial charge is 0.179 e. The second kappa shape index (κ2) is 3.61. The van der Waals surface area contributed by atoms with E-state index in [0.29, 0.717) is 10.7 Å². The van der Waals surface area contributed by atoms with Gasteiger partial charge in [-0.2, -0.15) is 0 Å². The second-order valence-corrected chi connectivity index (χ2v) is 3.85. The van der Waals surface area contributed by atoms with E-state index in [1.54, 1.807) is 6.07 Å². The average Bonchev–Trinajstić information content (AvgIpc) is 2.75. The SMILES string of the molecule is Clc1cccn2c(-c3ccccc3)nnc12. The number of fused-ring (bicyclic) bond motifs is 1. The fourth-order valence-electron chi connectivity index (χ4n) is 1.67. The van der Waals surface area contributed by atoms with Crippen molar-refractivity contribution in [1.82, 2.24) is 14.6 Å². The molecule has 0 N–H and O–H groups in total. The summed E-state index contributed by atoms with van der Waals surface area (Å²) in [6, 6.07) is 13.6. The summed E-state index contributed by atoms with van der Waals surface area (Å²) in [5.41, 5.74) is 1.71. The van der Waals surface area contributed by atoms with Gasteiger partial charge in [0, 0.05) is 11.8 Å². The van der Waals surface area contributed by atoms with Crippen LogP contribution in [0.25, 0.3) is 17.0 Å². The van der Waals surface area contributed by atoms with Crippen LogP contribution < -0.4 is 0 Å². The van der Waals surface area contributed by atoms with E-state index in [9.17, 15) is 0 Å². The first-order valence-electron chi connectivity index (χ1n) is 4.91. The molecule has 0 fully saturated rings. The van der Waals surface area contributed by atoms with Crippen molar-refractivity contribution in [2.75, 3.05) is 0 Å². The lowest BCUT2D eigenvalue weighted by Crippen LogP contribution is -1.88. The second-order valence-electron chi connectivity index (χ2n) is 3.44. The number of halogens is 1. The van der Waals surface area contributed by atoms with Crippen molar-refractivity contribution in [1.29, 1.82) is 0 Å². The van der Waals surface area contributed by atoms with Crippen molar-refractivity contribution in [3.63, 3.8) is 0 Å². The summed E-state index contributed by atoms with van der Waals surface area (Å²) in [5, 5.41) is 8.84. The highest BCUT2D eigenvalue weighted by atomic mass is 35.5. The molecule has 1 aromatic carbocycles. The van der Waals surface area contributed by atoms with E-state index < -0.39 is 0 Å². The number of aromatic nitrogens is 3. The lowest BCUT2D eigenvalue weighted by molar-refractivity contribution is 1.11. The molecule has 0 saturated carbocycles. The van der Waals surface area contributed by atoms with Gasteiger partial charge in [-0.3, -0.25) is 4.40 Å². The molecule has 2 aromatic heterocycles. The minimum Gasteiger partial charge on any atom is -0.281 e. The van der Waals surface area contributed by atoms with Crippen molar-refractivity contribution in [3.8, 4) is 11.4 Å². The standard InChI is InChI=1S/C12H8ClN3/c13-10-7-4-8-16-11(14-15-12(10)16)9-5-2-1-3-6-9/h1-8H. The molecule has 3 nitrogen and oxygen atoms in total. The Kier molecular flexibility index (Phi) is 2.11. The molecule has 0 radical (unpaired) electrons. The Bertz CT molecular complexity index is 631. The highest BCUT2D eigenvalue weighted by Gasteiger charge is 2.08. The van der Waals surface area contributed by atoms with Crippen LogP contribution in [0.1, 0.15) is 0 Å². The van der Waals surface area contributed by atoms with Crippen molar-refractivity contribution in [2.24, 2.45) is 0 Å². The first-order valence-corrected chi connectivity index (χ1v) is 5.29. The molecule has 0 aliphatic carbocycles. The summed E-state index contributed by atoms with van der Waals surface area (Å²) in [7, 11) is 0. The molecule has 0 saturated heterocycles. The number of pyridine rings is 1. The van der Waals surface area contributed by atoms with Crippen molar-refractivity contribution in [3.05, 3.63) is 53.7 Å². The highest BCUT2D eigenvalue weighted by Crippen LogP contribution is 2.21. The summed E-state index contributed by atoms with van der Waals surface area (Å²) in [6.45, 7) is 0. The minimum absolute atomic E-state index is 0.609. The van der Waals surface area contributed by atoms with Crippen molar-refractivity contribution >= 4 is 17.2 Å². The van der Waals surface area contributed by atoms with E-state index in [4.69, 9.17) is 11.6 Å². The van der Waals surface area contributed by atoms with E-state index in [-0.39, 0.29) is 0 Å². The van der Waals surface area contributed by atoms with Gasteiger partial charge < -0.3 is 0 Å². The van der Waals surface area contributed by atoms with Crippen molar-refractivity contribution in [2.45, 2.75) is 0 Å². The maximum atomic E-state index is 6.03. The van der Waals surface area contributed by atoms with E-state index >= 15 is 0 Å². The molecule has 0 aliphatic heterocycles. The van der Waals surface area contributed by atoms with Crippen molar-refractivity contribution < 1.29 is 0 Å². The molecule has 2 heterocycles. The van der Waals surface area contributed by atoms with E-state index in [0.717, 1.165) is 11.4 Å². The summed E-state index contributed by atoms with van der Waals surface area (Å²) in [4.78, 5) is 0. The third-order valence-corrected chi connectivity index (χ3v) is 2.71. The molecule has 16 heavy (non-hydrogen) atoms. The maximum absolute atomic E-state index is 6.03. The van der Waals surface area contributed by atoms with Crippen LogP contribution in [-0.4, -0.2) is 14.6 Å². The molecule has 0 aliphatic rings. The van der Waals surface area contributed by atoms with Gasteiger partial charge in [-0.05, 0) is 12.1 Å². The van der Waals surface area contributed by atoms with Gasteiger partial charge in [-0.25, -0.2) is 0 Å². The fraction of sp³-hybridized carbons (Fsp3) is 0. The van der Waals surface area contributed by atoms with Gasteiger partial charge in [0.25, 0.3) is 0 Å². The van der Waals surface area contributed by atoms with Crippen LogP contribution in [0.15, 0.2) is 48.7 Å². The Hall–Kier alpha value is -1.87. The quantitative estimate of drug-likeness (QED) is 0.642. The third kappa shape index (κ3) is 1.37. The van der Waals surface area contributed by atoms with Crippen LogP contribution in [0.3, 0.4) is 0 Å². The Morgan fingerprint density at radius 1 is 0.938 bits per heavy atom. The molecule has 3 aromatic rings. The lowest BCUT2D eigenvalue weighted by atomic mass is 10.2. The van der Waals surface area contributed by atoms with E-state index in [2.05, 4.69) is 10.2 Å². The Balaban J connectivity index is 2.30. The number of rotatable bonds is 1. The van der Waals surface area contributed by atoms with Crippen LogP contribution in [0.4, 0.5) is 0 Å². The zero-order valence-corrected chi connectivity index (χ0v) is 9.09. The Morgan fingerprint density at radius 2 is 1.75 bits per heavy atom. The van der Waals surface area contributed by atoms with Gasteiger partial charge in [0.15, 0.2) is 11.5 Å². The zero-order valence-electron chi connectivity index (χ0n) is 8.34. The largest absolute Gasteiger partial charge is 0.281 e. The fourth-order valence-corrected chi connectivity index (χ4v) is 1.87. The molecule has 78 valence electrons. The summed E-state index contributed by atoms with van der Waals surface area (Å²) < 4.78 is 1.89. The van der Waals surface area contributed by atoms with Crippen LogP contribution in [0, 0.1) is 0 Å².